The van der Waals surface area contributed by atoms with E-state index in [0.29, 0.717) is 11.3 Å². The molecule has 1 rings (SSSR count). The van der Waals surface area contributed by atoms with E-state index in [2.05, 4.69) is 6.58 Å². The molecule has 0 aliphatic heterocycles. The maximum atomic E-state index is 11.1. The summed E-state index contributed by atoms with van der Waals surface area (Å²) >= 11 is 0. The molecule has 0 radical (unpaired) electrons. The molecule has 0 amide bonds. The van der Waals surface area contributed by atoms with E-state index in [0.717, 1.165) is 0 Å². The van der Waals surface area contributed by atoms with Crippen LogP contribution in [-0.4, -0.2) is 23.5 Å². The fourth-order valence-electron chi connectivity index (χ4n) is 1.04. The van der Waals surface area contributed by atoms with E-state index in [1.54, 1.807) is 24.3 Å². The zero-order valence-corrected chi connectivity index (χ0v) is 8.90. The van der Waals surface area contributed by atoms with Gasteiger partial charge in [-0.25, -0.2) is 4.79 Å². The highest BCUT2D eigenvalue weighted by Gasteiger charge is 2.05. The molecule has 16 heavy (non-hydrogen) atoms. The Bertz CT molecular complexity index is 434. The lowest BCUT2D eigenvalue weighted by molar-refractivity contribution is -0.133. The van der Waals surface area contributed by atoms with Crippen molar-refractivity contribution in [2.75, 3.05) is 6.61 Å². The van der Waals surface area contributed by atoms with Gasteiger partial charge in [-0.15, -0.1) is 0 Å². The number of carboxylic acid groups (broad SMARTS) is 1. The van der Waals surface area contributed by atoms with Crippen LogP contribution in [0.3, 0.4) is 0 Å². The molecule has 0 saturated carbocycles. The zero-order chi connectivity index (χ0) is 12.1. The molecular weight excluding hydrogens is 208 g/mol. The fraction of sp³-hybridized carbons (Fsp3) is 0.167. The predicted molar refractivity (Wildman–Crippen MR) is 58.7 cm³/mol. The first-order valence-corrected chi connectivity index (χ1v) is 4.65. The van der Waals surface area contributed by atoms with Crippen LogP contribution in [0.1, 0.15) is 17.3 Å². The number of ketones is 1. The Morgan fingerprint density at radius 3 is 2.69 bits per heavy atom. The molecule has 0 atom stereocenters. The molecule has 84 valence electrons. The highest BCUT2D eigenvalue weighted by Crippen LogP contribution is 2.14. The van der Waals surface area contributed by atoms with Crippen molar-refractivity contribution < 1.29 is 19.4 Å². The van der Waals surface area contributed by atoms with Crippen molar-refractivity contribution in [2.24, 2.45) is 0 Å². The zero-order valence-electron chi connectivity index (χ0n) is 8.90. The first kappa shape index (κ1) is 12.0. The number of Topliss-reactive ketones (excluding diaryl/α,β-unsaturated/α-hetero) is 1. The van der Waals surface area contributed by atoms with Gasteiger partial charge < -0.3 is 9.84 Å². The minimum atomic E-state index is -1.09. The average Bonchev–Trinajstić information content (AvgIpc) is 2.26. The summed E-state index contributed by atoms with van der Waals surface area (Å²) in [5.41, 5.74) is 0.492. The number of benzene rings is 1. The lowest BCUT2D eigenvalue weighted by atomic mass is 10.1. The number of carbonyl (C=O) groups excluding carboxylic acids is 1. The molecule has 0 heterocycles. The second-order valence-corrected chi connectivity index (χ2v) is 3.28. The Morgan fingerprint density at radius 1 is 1.44 bits per heavy atom. The van der Waals surface area contributed by atoms with E-state index < -0.39 is 5.97 Å². The molecule has 1 N–H and O–H groups in total. The second kappa shape index (κ2) is 5.11. The molecule has 0 unspecified atom stereocenters. The second-order valence-electron chi connectivity index (χ2n) is 3.28. The minimum Gasteiger partial charge on any atom is -0.489 e. The molecule has 4 heteroatoms. The third-order valence-electron chi connectivity index (χ3n) is 1.96. The Hall–Kier alpha value is -2.10. The first-order chi connectivity index (χ1) is 7.50. The molecule has 0 fully saturated rings. The quantitative estimate of drug-likeness (QED) is 0.608. The number of carbonyl (C=O) groups is 2. The summed E-state index contributed by atoms with van der Waals surface area (Å²) < 4.78 is 5.19. The van der Waals surface area contributed by atoms with Gasteiger partial charge in [0, 0.05) is 5.56 Å². The maximum absolute atomic E-state index is 11.1. The number of hydrogen-bond donors (Lipinski definition) is 1. The van der Waals surface area contributed by atoms with Crippen LogP contribution in [0, 0.1) is 0 Å². The highest BCUT2D eigenvalue weighted by molar-refractivity contribution is 5.94. The third kappa shape index (κ3) is 3.24. The van der Waals surface area contributed by atoms with Gasteiger partial charge in [0.2, 0.25) is 0 Å². The normalized spacial score (nSPS) is 9.56. The van der Waals surface area contributed by atoms with Gasteiger partial charge in [-0.3, -0.25) is 4.79 Å². The molecule has 1 aromatic carbocycles. The van der Waals surface area contributed by atoms with E-state index in [-0.39, 0.29) is 18.0 Å². The van der Waals surface area contributed by atoms with Gasteiger partial charge in [0.1, 0.15) is 12.4 Å². The number of hydrogen-bond acceptors (Lipinski definition) is 3. The van der Waals surface area contributed by atoms with Gasteiger partial charge in [0.25, 0.3) is 0 Å². The van der Waals surface area contributed by atoms with Gasteiger partial charge in [-0.1, -0.05) is 18.7 Å². The van der Waals surface area contributed by atoms with Crippen LogP contribution >= 0.6 is 0 Å². The van der Waals surface area contributed by atoms with Crippen molar-refractivity contribution in [2.45, 2.75) is 6.92 Å². The summed E-state index contributed by atoms with van der Waals surface area (Å²) in [5, 5.41) is 8.57. The smallest absolute Gasteiger partial charge is 0.334 e. The SMILES string of the molecule is C=C(COc1cccc(C(C)=O)c1)C(=O)O. The van der Waals surface area contributed by atoms with Gasteiger partial charge >= 0.3 is 5.97 Å². The summed E-state index contributed by atoms with van der Waals surface area (Å²) in [6.07, 6.45) is 0. The van der Waals surface area contributed by atoms with Crippen LogP contribution in [0.2, 0.25) is 0 Å². The van der Waals surface area contributed by atoms with E-state index in [1.165, 1.54) is 6.92 Å². The van der Waals surface area contributed by atoms with Crippen LogP contribution in [0.4, 0.5) is 0 Å². The van der Waals surface area contributed by atoms with Crippen molar-refractivity contribution in [1.29, 1.82) is 0 Å². The standard InChI is InChI=1S/C12H12O4/c1-8(12(14)15)7-16-11-5-3-4-10(6-11)9(2)13/h3-6H,1,7H2,2H3,(H,14,15). The number of carboxylic acids is 1. The molecule has 0 aromatic heterocycles. The van der Waals surface area contributed by atoms with Crippen LogP contribution in [0.5, 0.6) is 5.75 Å². The van der Waals surface area contributed by atoms with Crippen molar-refractivity contribution >= 4 is 11.8 Å². The summed E-state index contributed by atoms with van der Waals surface area (Å²) in [6, 6.07) is 6.57. The van der Waals surface area contributed by atoms with E-state index in [4.69, 9.17) is 9.84 Å². The molecule has 0 aliphatic carbocycles. The molecular formula is C12H12O4. The largest absolute Gasteiger partial charge is 0.489 e. The fourth-order valence-corrected chi connectivity index (χ4v) is 1.04. The van der Waals surface area contributed by atoms with Gasteiger partial charge in [0.05, 0.1) is 5.57 Å². The Morgan fingerprint density at radius 2 is 2.12 bits per heavy atom. The first-order valence-electron chi connectivity index (χ1n) is 4.65. The number of rotatable bonds is 5. The Kier molecular flexibility index (Phi) is 3.83. The molecule has 1 aromatic rings. The van der Waals surface area contributed by atoms with Crippen LogP contribution in [0.15, 0.2) is 36.4 Å². The summed E-state index contributed by atoms with van der Waals surface area (Å²) in [5.74, 6) is -0.708. The van der Waals surface area contributed by atoms with E-state index in [9.17, 15) is 9.59 Å². The molecule has 0 bridgehead atoms. The molecule has 4 nitrogen and oxygen atoms in total. The van der Waals surface area contributed by atoms with Crippen molar-refractivity contribution in [1.82, 2.24) is 0 Å². The van der Waals surface area contributed by atoms with Crippen LogP contribution < -0.4 is 4.74 Å². The number of ether oxygens (including phenoxy) is 1. The van der Waals surface area contributed by atoms with Crippen LogP contribution in [-0.2, 0) is 4.79 Å². The summed E-state index contributed by atoms with van der Waals surface area (Å²) in [6.45, 7) is 4.69. The lowest BCUT2D eigenvalue weighted by Gasteiger charge is -2.06. The predicted octanol–water partition coefficient (Wildman–Crippen LogP) is 1.91. The number of aliphatic carboxylic acids is 1. The molecule has 0 saturated heterocycles. The van der Waals surface area contributed by atoms with E-state index in [1.807, 2.05) is 0 Å². The monoisotopic (exact) mass is 220 g/mol. The lowest BCUT2D eigenvalue weighted by Crippen LogP contribution is -2.09. The van der Waals surface area contributed by atoms with Crippen molar-refractivity contribution in [3.8, 4) is 5.75 Å². The molecule has 0 spiro atoms. The Balaban J connectivity index is 2.68. The molecule has 0 aliphatic rings. The van der Waals surface area contributed by atoms with Gasteiger partial charge in [0.15, 0.2) is 5.78 Å². The highest BCUT2D eigenvalue weighted by atomic mass is 16.5. The van der Waals surface area contributed by atoms with E-state index >= 15 is 0 Å². The average molecular weight is 220 g/mol. The van der Waals surface area contributed by atoms with Crippen LogP contribution in [0.25, 0.3) is 0 Å². The van der Waals surface area contributed by atoms with Crippen molar-refractivity contribution in [3.05, 3.63) is 42.0 Å². The van der Waals surface area contributed by atoms with Gasteiger partial charge in [-0.05, 0) is 19.1 Å². The maximum Gasteiger partial charge on any atom is 0.334 e. The van der Waals surface area contributed by atoms with Gasteiger partial charge in [-0.2, -0.15) is 0 Å². The summed E-state index contributed by atoms with van der Waals surface area (Å²) in [4.78, 5) is 21.5. The topological polar surface area (TPSA) is 63.6 Å². The Labute approximate surface area is 93.2 Å². The van der Waals surface area contributed by atoms with Crippen molar-refractivity contribution in [3.63, 3.8) is 0 Å². The summed E-state index contributed by atoms with van der Waals surface area (Å²) in [7, 11) is 0. The third-order valence-corrected chi connectivity index (χ3v) is 1.96. The minimum absolute atomic E-state index is 0.0340.